The molecule has 0 N–H and O–H groups in total. The van der Waals surface area contributed by atoms with Gasteiger partial charge in [0, 0.05) is 56.3 Å². The molecule has 50 heavy (non-hydrogen) atoms. The monoisotopic (exact) mass is 690 g/mol. The molecule has 0 saturated carbocycles. The van der Waals surface area contributed by atoms with Crippen molar-refractivity contribution >= 4 is 118 Å². The molecule has 0 aliphatic rings. The Morgan fingerprint density at radius 1 is 0.360 bits per heavy atom. The summed E-state index contributed by atoms with van der Waals surface area (Å²) in [6.07, 6.45) is 0. The molecule has 2 heterocycles. The summed E-state index contributed by atoms with van der Waals surface area (Å²) in [5.41, 5.74) is 2.31. The third-order valence-corrected chi connectivity index (χ3v) is 15.9. The molecule has 234 valence electrons. The maximum absolute atomic E-state index is 16.1. The van der Waals surface area contributed by atoms with Crippen molar-refractivity contribution in [2.75, 3.05) is 0 Å². The number of benzene rings is 9. The SMILES string of the molecule is O=P(c1ccc(-c2ccc3ccc4cccc5ccc2c3c45)cc1)(c1ccc2sc3ccccc3c2c1)c1ccc2sc3ccccc3c2c1. The van der Waals surface area contributed by atoms with Gasteiger partial charge in [-0.25, -0.2) is 0 Å². The lowest BCUT2D eigenvalue weighted by Gasteiger charge is -2.21. The van der Waals surface area contributed by atoms with Crippen molar-refractivity contribution in [1.82, 2.24) is 0 Å². The highest BCUT2D eigenvalue weighted by atomic mass is 32.1. The Labute approximate surface area is 296 Å². The van der Waals surface area contributed by atoms with Crippen LogP contribution in [0.2, 0.25) is 0 Å². The second kappa shape index (κ2) is 10.6. The van der Waals surface area contributed by atoms with E-state index in [2.05, 4.69) is 164 Å². The van der Waals surface area contributed by atoms with E-state index in [1.54, 1.807) is 22.7 Å². The van der Waals surface area contributed by atoms with Gasteiger partial charge in [-0.1, -0.05) is 115 Å². The number of thiophene rings is 2. The van der Waals surface area contributed by atoms with Crippen LogP contribution in [0, 0.1) is 0 Å². The zero-order valence-corrected chi connectivity index (χ0v) is 29.3. The molecule has 0 amide bonds. The summed E-state index contributed by atoms with van der Waals surface area (Å²) in [6.45, 7) is 0. The Hall–Kier alpha value is -5.31. The lowest BCUT2D eigenvalue weighted by molar-refractivity contribution is 0.592. The van der Waals surface area contributed by atoms with E-state index in [1.807, 2.05) is 0 Å². The standard InChI is InChI=1S/C46H27OPS2/c47-48(33-20-24-43-39(26-33)36-8-1-3-10-41(36)49-43,34-21-25-44-40(27-34)37-9-2-4-11-42(37)50-44)32-18-14-28(15-19-32)35-22-16-31-13-12-29-6-5-7-30-17-23-38(35)46(31)45(29)30/h1-27H. The average Bonchev–Trinajstić information content (AvgIpc) is 3.74. The quantitative estimate of drug-likeness (QED) is 0.133. The van der Waals surface area contributed by atoms with Gasteiger partial charge in [-0.05, 0) is 92.0 Å². The van der Waals surface area contributed by atoms with Crippen LogP contribution in [-0.4, -0.2) is 0 Å². The Kier molecular flexibility index (Phi) is 6.04. The van der Waals surface area contributed by atoms with Gasteiger partial charge in [0.05, 0.1) is 0 Å². The number of fused-ring (bicyclic) bond motifs is 6. The molecule has 1 nitrogen and oxygen atoms in total. The maximum atomic E-state index is 16.1. The van der Waals surface area contributed by atoms with Crippen molar-refractivity contribution in [2.24, 2.45) is 0 Å². The van der Waals surface area contributed by atoms with Gasteiger partial charge in [-0.15, -0.1) is 22.7 Å². The van der Waals surface area contributed by atoms with Crippen molar-refractivity contribution in [2.45, 2.75) is 0 Å². The van der Waals surface area contributed by atoms with Gasteiger partial charge in [0.25, 0.3) is 0 Å². The fourth-order valence-corrected chi connectivity index (χ4v) is 12.9. The molecule has 0 fully saturated rings. The summed E-state index contributed by atoms with van der Waals surface area (Å²) in [7, 11) is -3.29. The first kappa shape index (κ1) is 28.5. The first-order chi connectivity index (χ1) is 24.6. The Morgan fingerprint density at radius 3 is 1.48 bits per heavy atom. The van der Waals surface area contributed by atoms with Crippen molar-refractivity contribution in [3.05, 3.63) is 164 Å². The van der Waals surface area contributed by atoms with E-state index in [0.717, 1.165) is 32.2 Å². The largest absolute Gasteiger partial charge is 0.309 e. The van der Waals surface area contributed by atoms with Gasteiger partial charge in [-0.2, -0.15) is 0 Å². The highest BCUT2D eigenvalue weighted by Gasteiger charge is 2.31. The smallest absolute Gasteiger partial charge is 0.171 e. The summed E-state index contributed by atoms with van der Waals surface area (Å²) >= 11 is 3.58. The van der Waals surface area contributed by atoms with Crippen molar-refractivity contribution < 1.29 is 4.57 Å². The highest BCUT2D eigenvalue weighted by Crippen LogP contribution is 2.47. The topological polar surface area (TPSA) is 17.1 Å². The third kappa shape index (κ3) is 4.03. The average molecular weight is 691 g/mol. The van der Waals surface area contributed by atoms with Crippen LogP contribution < -0.4 is 15.9 Å². The summed E-state index contributed by atoms with van der Waals surface area (Å²) in [5, 5.41) is 15.0. The zero-order valence-electron chi connectivity index (χ0n) is 26.8. The highest BCUT2D eigenvalue weighted by molar-refractivity contribution is 7.85. The second-order valence-corrected chi connectivity index (χ2v) is 18.1. The van der Waals surface area contributed by atoms with Crippen LogP contribution in [0.1, 0.15) is 0 Å². The summed E-state index contributed by atoms with van der Waals surface area (Å²) in [6, 6.07) is 58.5. The van der Waals surface area contributed by atoms with E-state index in [0.29, 0.717) is 0 Å². The van der Waals surface area contributed by atoms with Crippen molar-refractivity contribution in [3.8, 4) is 11.1 Å². The van der Waals surface area contributed by atoms with E-state index in [9.17, 15) is 0 Å². The molecule has 11 rings (SSSR count). The van der Waals surface area contributed by atoms with Crippen LogP contribution in [0.25, 0.3) is 83.8 Å². The first-order valence-corrected chi connectivity index (χ1v) is 20.2. The molecule has 2 aromatic heterocycles. The maximum Gasteiger partial charge on any atom is 0.171 e. The molecule has 0 unspecified atom stereocenters. The van der Waals surface area contributed by atoms with E-state index in [1.165, 1.54) is 67.5 Å². The van der Waals surface area contributed by atoms with Crippen LogP contribution in [-0.2, 0) is 4.57 Å². The van der Waals surface area contributed by atoms with Gasteiger partial charge in [0.1, 0.15) is 0 Å². The van der Waals surface area contributed by atoms with Crippen molar-refractivity contribution in [1.29, 1.82) is 0 Å². The fraction of sp³-hybridized carbons (Fsp3) is 0. The predicted molar refractivity (Wildman–Crippen MR) is 221 cm³/mol. The normalized spacial score (nSPS) is 12.5. The van der Waals surface area contributed by atoms with Crippen LogP contribution >= 0.6 is 29.8 Å². The minimum atomic E-state index is -3.29. The molecule has 11 aromatic rings. The van der Waals surface area contributed by atoms with Crippen LogP contribution in [0.3, 0.4) is 0 Å². The van der Waals surface area contributed by atoms with Crippen molar-refractivity contribution in [3.63, 3.8) is 0 Å². The molecule has 0 saturated heterocycles. The number of rotatable bonds is 4. The molecular formula is C46H27OPS2. The van der Waals surface area contributed by atoms with E-state index < -0.39 is 7.14 Å². The lowest BCUT2D eigenvalue weighted by atomic mass is 9.90. The molecule has 0 aliphatic heterocycles. The first-order valence-electron chi connectivity index (χ1n) is 16.8. The van der Waals surface area contributed by atoms with Gasteiger partial charge in [0.15, 0.2) is 7.14 Å². The summed E-state index contributed by atoms with van der Waals surface area (Å²) in [5.74, 6) is 0. The number of hydrogen-bond donors (Lipinski definition) is 0. The summed E-state index contributed by atoms with van der Waals surface area (Å²) in [4.78, 5) is 0. The molecular weight excluding hydrogens is 664 g/mol. The molecule has 0 radical (unpaired) electrons. The molecule has 9 aromatic carbocycles. The second-order valence-electron chi connectivity index (χ2n) is 13.2. The summed E-state index contributed by atoms with van der Waals surface area (Å²) < 4.78 is 21.0. The molecule has 0 bridgehead atoms. The number of hydrogen-bond acceptors (Lipinski definition) is 3. The van der Waals surface area contributed by atoms with Crippen LogP contribution in [0.15, 0.2) is 164 Å². The molecule has 0 aliphatic carbocycles. The molecule has 0 atom stereocenters. The zero-order chi connectivity index (χ0) is 33.0. The fourth-order valence-electron chi connectivity index (χ4n) is 8.11. The van der Waals surface area contributed by atoms with E-state index in [-0.39, 0.29) is 0 Å². The van der Waals surface area contributed by atoms with Gasteiger partial charge < -0.3 is 4.57 Å². The molecule has 0 spiro atoms. The van der Waals surface area contributed by atoms with Gasteiger partial charge in [0.2, 0.25) is 0 Å². The minimum absolute atomic E-state index is 0.844. The predicted octanol–water partition coefficient (Wildman–Crippen LogP) is 12.6. The Bertz CT molecular complexity index is 3050. The van der Waals surface area contributed by atoms with E-state index in [4.69, 9.17) is 0 Å². The molecule has 4 heteroatoms. The van der Waals surface area contributed by atoms with Gasteiger partial charge in [-0.3, -0.25) is 0 Å². The Morgan fingerprint density at radius 2 is 0.860 bits per heavy atom. The Balaban J connectivity index is 1.12. The van der Waals surface area contributed by atoms with Gasteiger partial charge >= 0.3 is 0 Å². The third-order valence-electron chi connectivity index (χ3n) is 10.5. The lowest BCUT2D eigenvalue weighted by Crippen LogP contribution is -2.25. The van der Waals surface area contributed by atoms with E-state index >= 15 is 4.57 Å². The van der Waals surface area contributed by atoms with Crippen LogP contribution in [0.5, 0.6) is 0 Å². The minimum Gasteiger partial charge on any atom is -0.309 e. The van der Waals surface area contributed by atoms with Crippen LogP contribution in [0.4, 0.5) is 0 Å².